The van der Waals surface area contributed by atoms with Gasteiger partial charge in [0.1, 0.15) is 6.04 Å². The van der Waals surface area contributed by atoms with Crippen LogP contribution < -0.4 is 5.32 Å². The molecule has 1 aromatic rings. The molecule has 1 N–H and O–H groups in total. The Bertz CT molecular complexity index is 645. The van der Waals surface area contributed by atoms with Crippen LogP contribution in [0.2, 0.25) is 0 Å². The van der Waals surface area contributed by atoms with E-state index in [1.807, 2.05) is 0 Å². The molecule has 1 aliphatic carbocycles. The molecule has 2 fully saturated rings. The quantitative estimate of drug-likeness (QED) is 0.922. The second-order valence-corrected chi connectivity index (χ2v) is 7.97. The lowest BCUT2D eigenvalue weighted by molar-refractivity contribution is -0.123. The number of amides is 1. The summed E-state index contributed by atoms with van der Waals surface area (Å²) in [6.45, 7) is 0. The summed E-state index contributed by atoms with van der Waals surface area (Å²) >= 11 is 0. The lowest BCUT2D eigenvalue weighted by Gasteiger charge is -2.32. The third-order valence-electron chi connectivity index (χ3n) is 4.90. The van der Waals surface area contributed by atoms with Crippen LogP contribution >= 0.6 is 0 Å². The van der Waals surface area contributed by atoms with Crippen LogP contribution in [0.1, 0.15) is 32.1 Å². The van der Waals surface area contributed by atoms with Gasteiger partial charge in [-0.3, -0.25) is 4.79 Å². The van der Waals surface area contributed by atoms with Crippen molar-refractivity contribution in [2.24, 2.45) is 5.92 Å². The Hall–Kier alpha value is -1.40. The highest BCUT2D eigenvalue weighted by Crippen LogP contribution is 2.42. The zero-order valence-electron chi connectivity index (χ0n) is 12.7. The zero-order chi connectivity index (χ0) is 15.7. The maximum atomic E-state index is 13.1. The molecular weight excluding hydrogens is 300 g/mol. The Labute approximate surface area is 131 Å². The maximum Gasteiger partial charge on any atom is 0.244 e. The summed E-state index contributed by atoms with van der Waals surface area (Å²) < 4.78 is 27.6. The van der Waals surface area contributed by atoms with Crippen LogP contribution in [0.15, 0.2) is 35.2 Å². The maximum absolute atomic E-state index is 13.1. The Morgan fingerprint density at radius 2 is 1.86 bits per heavy atom. The van der Waals surface area contributed by atoms with Gasteiger partial charge in [-0.05, 0) is 37.3 Å². The van der Waals surface area contributed by atoms with Crippen LogP contribution in [0.3, 0.4) is 0 Å². The number of hydrogen-bond acceptors (Lipinski definition) is 3. The minimum absolute atomic E-state index is 0.0405. The second-order valence-electron chi connectivity index (χ2n) is 6.13. The smallest absolute Gasteiger partial charge is 0.244 e. The van der Waals surface area contributed by atoms with Gasteiger partial charge in [-0.25, -0.2) is 8.42 Å². The first-order chi connectivity index (χ1) is 10.6. The SMILES string of the molecule is CNC(=O)[C@@H]1C[C@H]2CCCC[C@@H]2N1S(=O)(=O)c1ccccc1. The van der Waals surface area contributed by atoms with E-state index in [0.29, 0.717) is 12.3 Å². The normalized spacial score (nSPS) is 29.0. The molecule has 22 heavy (non-hydrogen) atoms. The predicted molar refractivity (Wildman–Crippen MR) is 83.7 cm³/mol. The summed E-state index contributed by atoms with van der Waals surface area (Å²) in [5, 5.41) is 2.63. The van der Waals surface area contributed by atoms with Crippen molar-refractivity contribution < 1.29 is 13.2 Å². The van der Waals surface area contributed by atoms with E-state index in [-0.39, 0.29) is 16.8 Å². The molecule has 0 aromatic heterocycles. The average molecular weight is 322 g/mol. The number of benzene rings is 1. The van der Waals surface area contributed by atoms with E-state index < -0.39 is 16.1 Å². The molecule has 1 heterocycles. The first kappa shape index (κ1) is 15.5. The number of fused-ring (bicyclic) bond motifs is 1. The van der Waals surface area contributed by atoms with Gasteiger partial charge in [0.25, 0.3) is 0 Å². The van der Waals surface area contributed by atoms with E-state index in [4.69, 9.17) is 0 Å². The highest BCUT2D eigenvalue weighted by Gasteiger charge is 2.50. The molecule has 6 heteroatoms. The average Bonchev–Trinajstić information content (AvgIpc) is 2.95. The molecule has 3 atom stereocenters. The minimum atomic E-state index is -3.64. The van der Waals surface area contributed by atoms with E-state index in [1.54, 1.807) is 37.4 Å². The molecule has 1 saturated carbocycles. The largest absolute Gasteiger partial charge is 0.358 e. The standard InChI is InChI=1S/C16H22N2O3S/c1-17-16(19)15-11-12-7-5-6-10-14(12)18(15)22(20,21)13-8-3-2-4-9-13/h2-4,8-9,12,14-15H,5-7,10-11H2,1H3,(H,17,19)/t12-,14+,15+/m1/s1. The molecule has 1 aromatic carbocycles. The summed E-state index contributed by atoms with van der Waals surface area (Å²) in [5.41, 5.74) is 0. The molecule has 0 unspecified atom stereocenters. The first-order valence-electron chi connectivity index (χ1n) is 7.86. The van der Waals surface area contributed by atoms with Gasteiger partial charge in [0.2, 0.25) is 15.9 Å². The van der Waals surface area contributed by atoms with Crippen LogP contribution in [0.5, 0.6) is 0 Å². The summed E-state index contributed by atoms with van der Waals surface area (Å²) in [4.78, 5) is 12.5. The van der Waals surface area contributed by atoms with Gasteiger partial charge in [-0.15, -0.1) is 0 Å². The van der Waals surface area contributed by atoms with Gasteiger partial charge in [0.05, 0.1) is 4.90 Å². The van der Waals surface area contributed by atoms with Gasteiger partial charge in [-0.2, -0.15) is 4.31 Å². The zero-order valence-corrected chi connectivity index (χ0v) is 13.6. The molecule has 0 bridgehead atoms. The highest BCUT2D eigenvalue weighted by atomic mass is 32.2. The number of hydrogen-bond donors (Lipinski definition) is 1. The van der Waals surface area contributed by atoms with Crippen LogP contribution in [-0.2, 0) is 14.8 Å². The topological polar surface area (TPSA) is 66.5 Å². The fourth-order valence-electron chi connectivity index (χ4n) is 3.87. The van der Waals surface area contributed by atoms with Crippen molar-refractivity contribution in [2.45, 2.75) is 49.1 Å². The number of nitrogens with zero attached hydrogens (tertiary/aromatic N) is 1. The van der Waals surface area contributed by atoms with Crippen LogP contribution in [0.25, 0.3) is 0 Å². The Morgan fingerprint density at radius 3 is 2.55 bits per heavy atom. The van der Waals surface area contributed by atoms with Crippen LogP contribution in [0.4, 0.5) is 0 Å². The molecule has 5 nitrogen and oxygen atoms in total. The number of rotatable bonds is 3. The summed E-state index contributed by atoms with van der Waals surface area (Å²) in [5.74, 6) is 0.100. The number of nitrogens with one attached hydrogen (secondary N) is 1. The van der Waals surface area contributed by atoms with Crippen LogP contribution in [-0.4, -0.2) is 37.8 Å². The summed E-state index contributed by atoms with van der Waals surface area (Å²) in [7, 11) is -2.07. The van der Waals surface area contributed by atoms with Crippen LogP contribution in [0, 0.1) is 5.92 Å². The van der Waals surface area contributed by atoms with E-state index in [9.17, 15) is 13.2 Å². The van der Waals surface area contributed by atoms with Gasteiger partial charge in [0, 0.05) is 13.1 Å². The molecule has 1 aliphatic heterocycles. The summed E-state index contributed by atoms with van der Waals surface area (Å²) in [6.07, 6.45) is 4.66. The molecule has 1 saturated heterocycles. The third-order valence-corrected chi connectivity index (χ3v) is 6.84. The van der Waals surface area contributed by atoms with E-state index in [0.717, 1.165) is 25.7 Å². The molecular formula is C16H22N2O3S. The monoisotopic (exact) mass is 322 g/mol. The van der Waals surface area contributed by atoms with Crippen molar-refractivity contribution in [3.63, 3.8) is 0 Å². The Balaban J connectivity index is 2.02. The van der Waals surface area contributed by atoms with Crippen molar-refractivity contribution in [1.82, 2.24) is 9.62 Å². The number of likely N-dealkylation sites (N-methyl/N-ethyl adjacent to an activating group) is 1. The third kappa shape index (κ3) is 2.54. The fraction of sp³-hybridized carbons (Fsp3) is 0.562. The molecule has 0 spiro atoms. The number of sulfonamides is 1. The van der Waals surface area contributed by atoms with E-state index >= 15 is 0 Å². The summed E-state index contributed by atoms with van der Waals surface area (Å²) in [6, 6.07) is 7.82. The highest BCUT2D eigenvalue weighted by molar-refractivity contribution is 7.89. The molecule has 3 rings (SSSR count). The Kier molecular flexibility index (Phi) is 4.23. The number of carbonyl (C=O) groups is 1. The second kappa shape index (κ2) is 6.01. The van der Waals surface area contributed by atoms with Crippen molar-refractivity contribution in [3.8, 4) is 0 Å². The van der Waals surface area contributed by atoms with Crippen molar-refractivity contribution in [2.75, 3.05) is 7.05 Å². The van der Waals surface area contributed by atoms with E-state index in [1.165, 1.54) is 4.31 Å². The lowest BCUT2D eigenvalue weighted by atomic mass is 9.85. The fourth-order valence-corrected chi connectivity index (χ4v) is 5.76. The van der Waals surface area contributed by atoms with E-state index in [2.05, 4.69) is 5.32 Å². The van der Waals surface area contributed by atoms with Crippen molar-refractivity contribution in [1.29, 1.82) is 0 Å². The molecule has 1 amide bonds. The molecule has 2 aliphatic rings. The Morgan fingerprint density at radius 1 is 1.18 bits per heavy atom. The van der Waals surface area contributed by atoms with Crippen molar-refractivity contribution in [3.05, 3.63) is 30.3 Å². The lowest BCUT2D eigenvalue weighted by Crippen LogP contribution is -2.48. The minimum Gasteiger partial charge on any atom is -0.358 e. The van der Waals surface area contributed by atoms with Gasteiger partial charge >= 0.3 is 0 Å². The predicted octanol–water partition coefficient (Wildman–Crippen LogP) is 1.75. The number of carbonyl (C=O) groups excluding carboxylic acids is 1. The van der Waals surface area contributed by atoms with Crippen molar-refractivity contribution >= 4 is 15.9 Å². The van der Waals surface area contributed by atoms with Gasteiger partial charge < -0.3 is 5.32 Å². The van der Waals surface area contributed by atoms with Gasteiger partial charge in [0.15, 0.2) is 0 Å². The first-order valence-corrected chi connectivity index (χ1v) is 9.30. The molecule has 120 valence electrons. The molecule has 0 radical (unpaired) electrons. The van der Waals surface area contributed by atoms with Gasteiger partial charge in [-0.1, -0.05) is 31.0 Å².